The molecule has 0 aliphatic heterocycles. The van der Waals surface area contributed by atoms with Gasteiger partial charge in [-0.3, -0.25) is 0 Å². The van der Waals surface area contributed by atoms with Crippen LogP contribution in [0.3, 0.4) is 0 Å². The summed E-state index contributed by atoms with van der Waals surface area (Å²) in [5.74, 6) is 1.30. The lowest BCUT2D eigenvalue weighted by molar-refractivity contribution is 0.318. The molecule has 0 atom stereocenters. The predicted molar refractivity (Wildman–Crippen MR) is 70.2 cm³/mol. The van der Waals surface area contributed by atoms with E-state index >= 15 is 0 Å². The summed E-state index contributed by atoms with van der Waals surface area (Å²) in [5, 5.41) is 11.7. The number of nitrogens with two attached hydrogens (primary N) is 1. The average molecular weight is 242 g/mol. The third kappa shape index (κ3) is 2.60. The van der Waals surface area contributed by atoms with Crippen LogP contribution in [0, 0.1) is 6.92 Å². The van der Waals surface area contributed by atoms with E-state index in [0.29, 0.717) is 17.1 Å². The Bertz CT molecular complexity index is 580. The van der Waals surface area contributed by atoms with Crippen LogP contribution in [0.15, 0.2) is 53.7 Å². The maximum atomic E-state index is 8.73. The van der Waals surface area contributed by atoms with Gasteiger partial charge in [-0.15, -0.1) is 0 Å². The van der Waals surface area contributed by atoms with E-state index in [4.69, 9.17) is 15.7 Å². The lowest BCUT2D eigenvalue weighted by Crippen LogP contribution is -2.14. The third-order valence-electron chi connectivity index (χ3n) is 2.49. The molecule has 92 valence electrons. The zero-order valence-corrected chi connectivity index (χ0v) is 10.00. The first-order chi connectivity index (χ1) is 8.70. The molecule has 0 amide bonds. The standard InChI is InChI=1S/C14H14N2O2/c1-10-5-4-6-11(9-10)18-13-8-3-2-7-12(13)14(15)16-17/h2-9,17H,1H3,(H2,15,16). The number of aryl methyl sites for hydroxylation is 1. The van der Waals surface area contributed by atoms with Crippen molar-refractivity contribution in [2.75, 3.05) is 0 Å². The Kier molecular flexibility index (Phi) is 3.48. The Morgan fingerprint density at radius 2 is 1.94 bits per heavy atom. The van der Waals surface area contributed by atoms with E-state index in [1.165, 1.54) is 0 Å². The topological polar surface area (TPSA) is 67.8 Å². The van der Waals surface area contributed by atoms with Crippen LogP contribution < -0.4 is 10.5 Å². The molecule has 0 spiro atoms. The number of rotatable bonds is 3. The SMILES string of the molecule is Cc1cccc(Oc2ccccc2/C(N)=N/O)c1. The van der Waals surface area contributed by atoms with Gasteiger partial charge in [0.05, 0.1) is 5.56 Å². The highest BCUT2D eigenvalue weighted by molar-refractivity contribution is 5.99. The predicted octanol–water partition coefficient (Wildman–Crippen LogP) is 2.88. The van der Waals surface area contributed by atoms with Crippen molar-refractivity contribution in [1.82, 2.24) is 0 Å². The van der Waals surface area contributed by atoms with E-state index in [1.54, 1.807) is 18.2 Å². The molecule has 18 heavy (non-hydrogen) atoms. The number of para-hydroxylation sites is 1. The molecule has 4 heteroatoms. The van der Waals surface area contributed by atoms with Crippen molar-refractivity contribution in [3.63, 3.8) is 0 Å². The second kappa shape index (κ2) is 5.23. The molecule has 0 radical (unpaired) electrons. The molecule has 0 unspecified atom stereocenters. The van der Waals surface area contributed by atoms with Gasteiger partial charge >= 0.3 is 0 Å². The molecule has 0 fully saturated rings. The number of hydrogen-bond donors (Lipinski definition) is 2. The Balaban J connectivity index is 2.35. The number of nitrogens with zero attached hydrogens (tertiary/aromatic N) is 1. The fourth-order valence-electron chi connectivity index (χ4n) is 1.63. The van der Waals surface area contributed by atoms with Gasteiger partial charge in [-0.2, -0.15) is 0 Å². The van der Waals surface area contributed by atoms with Crippen LogP contribution in [0.4, 0.5) is 0 Å². The van der Waals surface area contributed by atoms with E-state index in [-0.39, 0.29) is 5.84 Å². The summed E-state index contributed by atoms with van der Waals surface area (Å²) in [7, 11) is 0. The highest BCUT2D eigenvalue weighted by Gasteiger charge is 2.08. The molecule has 0 saturated carbocycles. The Morgan fingerprint density at radius 1 is 1.17 bits per heavy atom. The van der Waals surface area contributed by atoms with Gasteiger partial charge in [-0.25, -0.2) is 0 Å². The van der Waals surface area contributed by atoms with E-state index in [0.717, 1.165) is 5.56 Å². The quantitative estimate of drug-likeness (QED) is 0.376. The third-order valence-corrected chi connectivity index (χ3v) is 2.49. The Hall–Kier alpha value is -2.49. The Morgan fingerprint density at radius 3 is 2.67 bits per heavy atom. The lowest BCUT2D eigenvalue weighted by Gasteiger charge is -2.10. The van der Waals surface area contributed by atoms with Gasteiger partial charge in [-0.1, -0.05) is 29.4 Å². The molecule has 0 aliphatic rings. The van der Waals surface area contributed by atoms with Crippen molar-refractivity contribution >= 4 is 5.84 Å². The minimum atomic E-state index is 0.0262. The highest BCUT2D eigenvalue weighted by atomic mass is 16.5. The first kappa shape index (κ1) is 12.0. The fourth-order valence-corrected chi connectivity index (χ4v) is 1.63. The van der Waals surface area contributed by atoms with E-state index in [1.807, 2.05) is 37.3 Å². The number of benzene rings is 2. The summed E-state index contributed by atoms with van der Waals surface area (Å²) in [6.07, 6.45) is 0. The van der Waals surface area contributed by atoms with E-state index < -0.39 is 0 Å². The van der Waals surface area contributed by atoms with Crippen LogP contribution >= 0.6 is 0 Å². The van der Waals surface area contributed by atoms with Crippen molar-refractivity contribution in [1.29, 1.82) is 0 Å². The maximum Gasteiger partial charge on any atom is 0.173 e. The zero-order chi connectivity index (χ0) is 13.0. The largest absolute Gasteiger partial charge is 0.457 e. The highest BCUT2D eigenvalue weighted by Crippen LogP contribution is 2.25. The van der Waals surface area contributed by atoms with Gasteiger partial charge in [0.15, 0.2) is 5.84 Å². The average Bonchev–Trinajstić information content (AvgIpc) is 2.38. The molecule has 0 bridgehead atoms. The molecule has 4 nitrogen and oxygen atoms in total. The van der Waals surface area contributed by atoms with Crippen LogP contribution in [0.2, 0.25) is 0 Å². The fraction of sp³-hybridized carbons (Fsp3) is 0.0714. The number of hydrogen-bond acceptors (Lipinski definition) is 3. The number of amidine groups is 1. The summed E-state index contributed by atoms with van der Waals surface area (Å²) in [6, 6.07) is 14.8. The van der Waals surface area contributed by atoms with E-state index in [2.05, 4.69) is 5.16 Å². The van der Waals surface area contributed by atoms with Crippen LogP contribution in [-0.4, -0.2) is 11.0 Å². The van der Waals surface area contributed by atoms with Gasteiger partial charge in [0.2, 0.25) is 0 Å². The van der Waals surface area contributed by atoms with Crippen LogP contribution in [-0.2, 0) is 0 Å². The molecule has 0 aromatic heterocycles. The van der Waals surface area contributed by atoms with E-state index in [9.17, 15) is 0 Å². The van der Waals surface area contributed by atoms with Crippen molar-refractivity contribution < 1.29 is 9.94 Å². The van der Waals surface area contributed by atoms with Crippen molar-refractivity contribution in [3.05, 3.63) is 59.7 Å². The normalized spacial score (nSPS) is 11.3. The second-order valence-corrected chi connectivity index (χ2v) is 3.90. The monoisotopic (exact) mass is 242 g/mol. The molecule has 2 aromatic carbocycles. The maximum absolute atomic E-state index is 8.73. The minimum absolute atomic E-state index is 0.0262. The smallest absolute Gasteiger partial charge is 0.173 e. The molecular formula is C14H14N2O2. The minimum Gasteiger partial charge on any atom is -0.457 e. The zero-order valence-electron chi connectivity index (χ0n) is 10.00. The molecule has 0 saturated heterocycles. The summed E-state index contributed by atoms with van der Waals surface area (Å²) in [6.45, 7) is 1.99. The summed E-state index contributed by atoms with van der Waals surface area (Å²) < 4.78 is 5.74. The Labute approximate surface area is 105 Å². The van der Waals surface area contributed by atoms with Gasteiger partial charge in [-0.05, 0) is 36.8 Å². The number of ether oxygens (including phenoxy) is 1. The number of oxime groups is 1. The van der Waals surface area contributed by atoms with Crippen molar-refractivity contribution in [3.8, 4) is 11.5 Å². The van der Waals surface area contributed by atoms with Gasteiger partial charge in [0.25, 0.3) is 0 Å². The first-order valence-electron chi connectivity index (χ1n) is 5.52. The first-order valence-corrected chi connectivity index (χ1v) is 5.52. The van der Waals surface area contributed by atoms with Gasteiger partial charge in [0, 0.05) is 0 Å². The molecule has 0 heterocycles. The molecule has 2 rings (SSSR count). The lowest BCUT2D eigenvalue weighted by atomic mass is 10.2. The molecule has 2 aromatic rings. The molecule has 0 aliphatic carbocycles. The summed E-state index contributed by atoms with van der Waals surface area (Å²) in [5.41, 5.74) is 7.26. The summed E-state index contributed by atoms with van der Waals surface area (Å²) in [4.78, 5) is 0. The van der Waals surface area contributed by atoms with Crippen LogP contribution in [0.25, 0.3) is 0 Å². The van der Waals surface area contributed by atoms with Crippen LogP contribution in [0.1, 0.15) is 11.1 Å². The molecular weight excluding hydrogens is 228 g/mol. The van der Waals surface area contributed by atoms with Gasteiger partial charge in [0.1, 0.15) is 11.5 Å². The van der Waals surface area contributed by atoms with Crippen LogP contribution in [0.5, 0.6) is 11.5 Å². The van der Waals surface area contributed by atoms with Crippen molar-refractivity contribution in [2.45, 2.75) is 6.92 Å². The van der Waals surface area contributed by atoms with Crippen molar-refractivity contribution in [2.24, 2.45) is 10.9 Å². The second-order valence-electron chi connectivity index (χ2n) is 3.90. The van der Waals surface area contributed by atoms with Gasteiger partial charge < -0.3 is 15.7 Å². The summed E-state index contributed by atoms with van der Waals surface area (Å²) >= 11 is 0. The molecule has 3 N–H and O–H groups in total.